The van der Waals surface area contributed by atoms with Gasteiger partial charge in [-0.25, -0.2) is 0 Å². The zero-order valence-electron chi connectivity index (χ0n) is 8.58. The van der Waals surface area contributed by atoms with Gasteiger partial charge in [0.1, 0.15) is 0 Å². The fraction of sp³-hybridized carbons (Fsp3) is 0.600. The van der Waals surface area contributed by atoms with E-state index >= 15 is 0 Å². The summed E-state index contributed by atoms with van der Waals surface area (Å²) in [4.78, 5) is 1.08. The maximum absolute atomic E-state index is 9.88. The van der Waals surface area contributed by atoms with Crippen molar-refractivity contribution < 1.29 is 9.84 Å². The van der Waals surface area contributed by atoms with Crippen molar-refractivity contribution in [2.75, 3.05) is 7.11 Å². The molecule has 0 aromatic carbocycles. The van der Waals surface area contributed by atoms with Crippen LogP contribution in [0.25, 0.3) is 0 Å². The molecular formula is C10H15ClO2S. The van der Waals surface area contributed by atoms with E-state index in [0.29, 0.717) is 6.42 Å². The lowest BCUT2D eigenvalue weighted by atomic mass is 9.98. The number of rotatable bonds is 4. The van der Waals surface area contributed by atoms with Gasteiger partial charge in [-0.15, -0.1) is 11.3 Å². The summed E-state index contributed by atoms with van der Waals surface area (Å²) in [5.74, 6) is 0. The molecule has 1 aromatic rings. The topological polar surface area (TPSA) is 29.5 Å². The minimum Gasteiger partial charge on any atom is -0.390 e. The molecule has 0 radical (unpaired) electrons. The van der Waals surface area contributed by atoms with E-state index in [1.165, 1.54) is 11.3 Å². The zero-order valence-corrected chi connectivity index (χ0v) is 10.2. The van der Waals surface area contributed by atoms with E-state index in [0.717, 1.165) is 9.21 Å². The lowest BCUT2D eigenvalue weighted by Crippen LogP contribution is -2.39. The number of hydrogen-bond acceptors (Lipinski definition) is 3. The number of aliphatic hydroxyl groups excluding tert-OH is 1. The normalized spacial score (nSPS) is 14.4. The highest BCUT2D eigenvalue weighted by atomic mass is 35.5. The predicted octanol–water partition coefficient (Wildman–Crippen LogP) is 2.73. The van der Waals surface area contributed by atoms with Crippen molar-refractivity contribution in [3.05, 3.63) is 21.3 Å². The summed E-state index contributed by atoms with van der Waals surface area (Å²) in [5, 5.41) is 9.88. The lowest BCUT2D eigenvalue weighted by molar-refractivity contribution is -0.0762. The fourth-order valence-corrected chi connectivity index (χ4v) is 2.16. The Morgan fingerprint density at radius 2 is 2.21 bits per heavy atom. The van der Waals surface area contributed by atoms with Crippen LogP contribution in [0.2, 0.25) is 4.34 Å². The summed E-state index contributed by atoms with van der Waals surface area (Å²) in [5.41, 5.74) is -0.517. The Bertz CT molecular complexity index is 296. The minimum absolute atomic E-state index is 0.512. The van der Waals surface area contributed by atoms with Crippen LogP contribution < -0.4 is 0 Å². The molecule has 0 spiro atoms. The second kappa shape index (κ2) is 4.62. The van der Waals surface area contributed by atoms with Gasteiger partial charge < -0.3 is 9.84 Å². The molecule has 1 atom stereocenters. The van der Waals surface area contributed by atoms with Gasteiger partial charge in [0.05, 0.1) is 16.0 Å². The van der Waals surface area contributed by atoms with Crippen molar-refractivity contribution in [2.45, 2.75) is 32.0 Å². The monoisotopic (exact) mass is 234 g/mol. The molecule has 1 heterocycles. The molecule has 1 aromatic heterocycles. The minimum atomic E-state index is -0.517. The number of thiophene rings is 1. The Morgan fingerprint density at radius 3 is 2.64 bits per heavy atom. The first-order valence-corrected chi connectivity index (χ1v) is 5.62. The van der Waals surface area contributed by atoms with Gasteiger partial charge in [-0.1, -0.05) is 11.6 Å². The molecule has 0 aliphatic carbocycles. The molecule has 0 saturated heterocycles. The van der Waals surface area contributed by atoms with Crippen molar-refractivity contribution in [1.82, 2.24) is 0 Å². The van der Waals surface area contributed by atoms with E-state index in [4.69, 9.17) is 16.3 Å². The van der Waals surface area contributed by atoms with E-state index in [-0.39, 0.29) is 0 Å². The highest BCUT2D eigenvalue weighted by molar-refractivity contribution is 7.16. The highest BCUT2D eigenvalue weighted by Crippen LogP contribution is 2.25. The Hall–Kier alpha value is -0.0900. The predicted molar refractivity (Wildman–Crippen MR) is 60.1 cm³/mol. The number of methoxy groups -OCH3 is 1. The lowest BCUT2D eigenvalue weighted by Gasteiger charge is -2.28. The van der Waals surface area contributed by atoms with Crippen molar-refractivity contribution in [3.63, 3.8) is 0 Å². The second-order valence-electron chi connectivity index (χ2n) is 3.73. The molecule has 0 aliphatic rings. The Kier molecular flexibility index (Phi) is 3.95. The van der Waals surface area contributed by atoms with E-state index in [2.05, 4.69) is 0 Å². The van der Waals surface area contributed by atoms with Crippen LogP contribution in [0.4, 0.5) is 0 Å². The zero-order chi connectivity index (χ0) is 10.8. The van der Waals surface area contributed by atoms with Gasteiger partial charge in [0.15, 0.2) is 0 Å². The van der Waals surface area contributed by atoms with E-state index in [1.54, 1.807) is 7.11 Å². The van der Waals surface area contributed by atoms with E-state index in [9.17, 15) is 5.11 Å². The van der Waals surface area contributed by atoms with Crippen LogP contribution in [0.5, 0.6) is 0 Å². The van der Waals surface area contributed by atoms with Crippen LogP contribution in [0.3, 0.4) is 0 Å². The van der Waals surface area contributed by atoms with Gasteiger partial charge in [0, 0.05) is 18.4 Å². The Morgan fingerprint density at radius 1 is 1.57 bits per heavy atom. The molecule has 0 aliphatic heterocycles. The molecule has 0 amide bonds. The van der Waals surface area contributed by atoms with Crippen LogP contribution in [0, 0.1) is 0 Å². The summed E-state index contributed by atoms with van der Waals surface area (Å²) in [7, 11) is 1.60. The smallest absolute Gasteiger partial charge is 0.0931 e. The first-order valence-electron chi connectivity index (χ1n) is 4.43. The molecular weight excluding hydrogens is 220 g/mol. The molecule has 4 heteroatoms. The van der Waals surface area contributed by atoms with Gasteiger partial charge in [-0.05, 0) is 26.0 Å². The largest absolute Gasteiger partial charge is 0.390 e. The molecule has 0 fully saturated rings. The average molecular weight is 235 g/mol. The van der Waals surface area contributed by atoms with Gasteiger partial charge >= 0.3 is 0 Å². The van der Waals surface area contributed by atoms with Crippen LogP contribution >= 0.6 is 22.9 Å². The fourth-order valence-electron chi connectivity index (χ4n) is 1.03. The van der Waals surface area contributed by atoms with Crippen LogP contribution in [-0.2, 0) is 11.2 Å². The quantitative estimate of drug-likeness (QED) is 0.868. The number of aliphatic hydroxyl groups is 1. The van der Waals surface area contributed by atoms with Crippen LogP contribution in [0.1, 0.15) is 18.7 Å². The molecule has 0 saturated carbocycles. The Balaban J connectivity index is 2.61. The third-order valence-electron chi connectivity index (χ3n) is 2.35. The first-order chi connectivity index (χ1) is 6.45. The number of hydrogen-bond donors (Lipinski definition) is 1. The summed E-state index contributed by atoms with van der Waals surface area (Å²) >= 11 is 7.29. The third kappa shape index (κ3) is 2.95. The van der Waals surface area contributed by atoms with Gasteiger partial charge in [0.2, 0.25) is 0 Å². The van der Waals surface area contributed by atoms with E-state index < -0.39 is 11.7 Å². The van der Waals surface area contributed by atoms with Crippen LogP contribution in [-0.4, -0.2) is 23.9 Å². The standard InChI is InChI=1S/C10H15ClO2S/c1-10(2,13-3)8(12)6-7-4-5-9(11)14-7/h4-5,8,12H,6H2,1-3H3. The van der Waals surface area contributed by atoms with Gasteiger partial charge in [-0.2, -0.15) is 0 Å². The summed E-state index contributed by atoms with van der Waals surface area (Å²) in [6, 6.07) is 3.77. The molecule has 1 unspecified atom stereocenters. The molecule has 80 valence electrons. The summed E-state index contributed by atoms with van der Waals surface area (Å²) in [6.07, 6.45) is 0.0697. The maximum Gasteiger partial charge on any atom is 0.0931 e. The maximum atomic E-state index is 9.88. The van der Waals surface area contributed by atoms with Crippen LogP contribution in [0.15, 0.2) is 12.1 Å². The van der Waals surface area contributed by atoms with Crippen molar-refractivity contribution in [2.24, 2.45) is 0 Å². The van der Waals surface area contributed by atoms with Gasteiger partial charge in [-0.3, -0.25) is 0 Å². The molecule has 2 nitrogen and oxygen atoms in total. The van der Waals surface area contributed by atoms with E-state index in [1.807, 2.05) is 26.0 Å². The highest BCUT2D eigenvalue weighted by Gasteiger charge is 2.27. The first kappa shape index (κ1) is 12.0. The number of ether oxygens (including phenoxy) is 1. The summed E-state index contributed by atoms with van der Waals surface area (Å²) in [6.45, 7) is 3.74. The Labute approximate surface area is 93.5 Å². The molecule has 1 N–H and O–H groups in total. The molecule has 0 bridgehead atoms. The summed E-state index contributed by atoms with van der Waals surface area (Å²) < 4.78 is 5.95. The third-order valence-corrected chi connectivity index (χ3v) is 3.61. The number of halogens is 1. The SMILES string of the molecule is COC(C)(C)C(O)Cc1ccc(Cl)s1. The van der Waals surface area contributed by atoms with Gasteiger partial charge in [0.25, 0.3) is 0 Å². The molecule has 14 heavy (non-hydrogen) atoms. The second-order valence-corrected chi connectivity index (χ2v) is 5.53. The van der Waals surface area contributed by atoms with Crippen molar-refractivity contribution in [1.29, 1.82) is 0 Å². The average Bonchev–Trinajstić information content (AvgIpc) is 2.51. The van der Waals surface area contributed by atoms with Crippen molar-refractivity contribution in [3.8, 4) is 0 Å². The molecule has 1 rings (SSSR count). The van der Waals surface area contributed by atoms with Crippen molar-refractivity contribution >= 4 is 22.9 Å².